The number of anilines is 1. The van der Waals surface area contributed by atoms with Crippen LogP contribution in [0.25, 0.3) is 0 Å². The highest BCUT2D eigenvalue weighted by atomic mass is 35.5. The van der Waals surface area contributed by atoms with Crippen molar-refractivity contribution in [2.75, 3.05) is 32.6 Å². The van der Waals surface area contributed by atoms with Crippen molar-refractivity contribution < 1.29 is 9.53 Å². The Labute approximate surface area is 117 Å². The van der Waals surface area contributed by atoms with E-state index in [2.05, 4.69) is 10.3 Å². The van der Waals surface area contributed by atoms with Gasteiger partial charge in [-0.05, 0) is 18.9 Å². The number of methoxy groups -OCH3 is 1. The number of amides is 1. The first-order valence-corrected chi connectivity index (χ1v) is 6.69. The van der Waals surface area contributed by atoms with E-state index >= 15 is 0 Å². The molecule has 1 fully saturated rings. The molecule has 1 aromatic rings. The molecular weight excluding hydrogens is 266 g/mol. The summed E-state index contributed by atoms with van der Waals surface area (Å²) in [6, 6.07) is 1.69. The fraction of sp³-hybridized carbons (Fsp3) is 0.538. The number of carbonyl (C=O) groups is 1. The molecular formula is C13H18ClN3O2. The van der Waals surface area contributed by atoms with E-state index in [0.29, 0.717) is 29.5 Å². The summed E-state index contributed by atoms with van der Waals surface area (Å²) in [5.41, 5.74) is 0.497. The van der Waals surface area contributed by atoms with Crippen LogP contribution in [0.4, 0.5) is 5.82 Å². The van der Waals surface area contributed by atoms with Crippen molar-refractivity contribution in [1.82, 2.24) is 9.88 Å². The van der Waals surface area contributed by atoms with Gasteiger partial charge in [-0.2, -0.15) is 0 Å². The van der Waals surface area contributed by atoms with Gasteiger partial charge in [-0.25, -0.2) is 4.98 Å². The Kier molecular flexibility index (Phi) is 4.61. The number of likely N-dealkylation sites (tertiary alicyclic amines) is 1. The van der Waals surface area contributed by atoms with Crippen molar-refractivity contribution in [3.8, 4) is 0 Å². The molecule has 0 radical (unpaired) electrons. The van der Waals surface area contributed by atoms with Gasteiger partial charge in [-0.1, -0.05) is 11.6 Å². The summed E-state index contributed by atoms with van der Waals surface area (Å²) in [4.78, 5) is 18.3. The van der Waals surface area contributed by atoms with Crippen LogP contribution in [-0.2, 0) is 4.74 Å². The maximum atomic E-state index is 12.4. The minimum absolute atomic E-state index is 0.0431. The molecule has 1 amide bonds. The van der Waals surface area contributed by atoms with Gasteiger partial charge >= 0.3 is 0 Å². The van der Waals surface area contributed by atoms with Crippen molar-refractivity contribution in [1.29, 1.82) is 0 Å². The van der Waals surface area contributed by atoms with E-state index in [1.54, 1.807) is 20.2 Å². The number of carbonyl (C=O) groups excluding carboxylic acids is 1. The Balaban J connectivity index is 2.11. The normalized spacial score (nSPS) is 16.5. The average molecular weight is 284 g/mol. The molecule has 1 aliphatic rings. The number of halogens is 1. The number of nitrogens with one attached hydrogen (secondary N) is 1. The van der Waals surface area contributed by atoms with Gasteiger partial charge in [0.05, 0.1) is 16.7 Å². The predicted molar refractivity (Wildman–Crippen MR) is 74.7 cm³/mol. The standard InChI is InChI=1S/C13H18ClN3O2/c1-15-12-7-10(11(14)8-16-12)13(18)17-5-3-9(19-2)4-6-17/h7-9H,3-6H2,1-2H3,(H,15,16). The Morgan fingerprint density at radius 3 is 2.79 bits per heavy atom. The molecule has 1 aromatic heterocycles. The van der Waals surface area contributed by atoms with Crippen LogP contribution in [0.2, 0.25) is 5.02 Å². The monoisotopic (exact) mass is 283 g/mol. The molecule has 2 rings (SSSR count). The Bertz CT molecular complexity index is 459. The third-order valence-corrected chi connectivity index (χ3v) is 3.71. The van der Waals surface area contributed by atoms with Crippen molar-refractivity contribution in [2.45, 2.75) is 18.9 Å². The molecule has 1 N–H and O–H groups in total. The number of rotatable bonds is 3. The van der Waals surface area contributed by atoms with Crippen LogP contribution in [-0.4, -0.2) is 49.1 Å². The molecule has 1 saturated heterocycles. The van der Waals surface area contributed by atoms with Crippen molar-refractivity contribution in [3.63, 3.8) is 0 Å². The van der Waals surface area contributed by atoms with Crippen LogP contribution in [0, 0.1) is 0 Å². The maximum absolute atomic E-state index is 12.4. The molecule has 104 valence electrons. The molecule has 0 atom stereocenters. The lowest BCUT2D eigenvalue weighted by Crippen LogP contribution is -2.40. The highest BCUT2D eigenvalue weighted by molar-refractivity contribution is 6.33. The van der Waals surface area contributed by atoms with Crippen molar-refractivity contribution >= 4 is 23.3 Å². The van der Waals surface area contributed by atoms with Gasteiger partial charge in [-0.15, -0.1) is 0 Å². The number of pyridine rings is 1. The Hall–Kier alpha value is -1.33. The zero-order valence-electron chi connectivity index (χ0n) is 11.1. The van der Waals surface area contributed by atoms with Gasteiger partial charge in [0, 0.05) is 33.4 Å². The van der Waals surface area contributed by atoms with E-state index in [-0.39, 0.29) is 12.0 Å². The minimum atomic E-state index is -0.0431. The highest BCUT2D eigenvalue weighted by Crippen LogP contribution is 2.22. The van der Waals surface area contributed by atoms with E-state index in [4.69, 9.17) is 16.3 Å². The molecule has 1 aliphatic heterocycles. The van der Waals surface area contributed by atoms with E-state index in [9.17, 15) is 4.79 Å². The first-order valence-electron chi connectivity index (χ1n) is 6.31. The fourth-order valence-corrected chi connectivity index (χ4v) is 2.39. The lowest BCUT2D eigenvalue weighted by atomic mass is 10.1. The zero-order valence-corrected chi connectivity index (χ0v) is 11.9. The minimum Gasteiger partial charge on any atom is -0.381 e. The SMILES string of the molecule is CNc1cc(C(=O)N2CCC(OC)CC2)c(Cl)cn1. The molecule has 0 saturated carbocycles. The average Bonchev–Trinajstić information content (AvgIpc) is 2.47. The molecule has 19 heavy (non-hydrogen) atoms. The summed E-state index contributed by atoms with van der Waals surface area (Å²) in [6.45, 7) is 1.40. The number of hydrogen-bond acceptors (Lipinski definition) is 4. The third-order valence-electron chi connectivity index (χ3n) is 3.40. The molecule has 5 nitrogen and oxygen atoms in total. The molecule has 0 aliphatic carbocycles. The van der Waals surface area contributed by atoms with Gasteiger partial charge in [0.1, 0.15) is 5.82 Å². The van der Waals surface area contributed by atoms with E-state index in [0.717, 1.165) is 12.8 Å². The van der Waals surface area contributed by atoms with Crippen molar-refractivity contribution in [2.24, 2.45) is 0 Å². The molecule has 0 spiro atoms. The first kappa shape index (κ1) is 14.1. The van der Waals surface area contributed by atoms with E-state index in [1.165, 1.54) is 6.20 Å². The number of ether oxygens (including phenoxy) is 1. The predicted octanol–water partition coefficient (Wildman–Crippen LogP) is 2.03. The number of hydrogen-bond donors (Lipinski definition) is 1. The summed E-state index contributed by atoms with van der Waals surface area (Å²) >= 11 is 6.06. The largest absolute Gasteiger partial charge is 0.381 e. The lowest BCUT2D eigenvalue weighted by molar-refractivity contribution is 0.0351. The summed E-state index contributed by atoms with van der Waals surface area (Å²) in [7, 11) is 3.47. The molecule has 6 heteroatoms. The topological polar surface area (TPSA) is 54.5 Å². The Morgan fingerprint density at radius 1 is 1.53 bits per heavy atom. The molecule has 2 heterocycles. The zero-order chi connectivity index (χ0) is 13.8. The van der Waals surface area contributed by atoms with Crippen LogP contribution in [0.5, 0.6) is 0 Å². The molecule has 0 aromatic carbocycles. The molecule has 0 unspecified atom stereocenters. The summed E-state index contributed by atoms with van der Waals surface area (Å²) in [6.07, 6.45) is 3.49. The highest BCUT2D eigenvalue weighted by Gasteiger charge is 2.25. The first-order chi connectivity index (χ1) is 9.15. The maximum Gasteiger partial charge on any atom is 0.255 e. The quantitative estimate of drug-likeness (QED) is 0.922. The van der Waals surface area contributed by atoms with Gasteiger partial charge in [0.15, 0.2) is 0 Å². The van der Waals surface area contributed by atoms with Gasteiger partial charge in [-0.3, -0.25) is 4.79 Å². The van der Waals surface area contributed by atoms with E-state index < -0.39 is 0 Å². The van der Waals surface area contributed by atoms with Gasteiger partial charge < -0.3 is 15.0 Å². The Morgan fingerprint density at radius 2 is 2.21 bits per heavy atom. The van der Waals surface area contributed by atoms with Gasteiger partial charge in [0.2, 0.25) is 0 Å². The van der Waals surface area contributed by atoms with Crippen LogP contribution in [0.15, 0.2) is 12.3 Å². The van der Waals surface area contributed by atoms with Crippen LogP contribution in [0.1, 0.15) is 23.2 Å². The molecule has 0 bridgehead atoms. The third kappa shape index (κ3) is 3.16. The second-order valence-electron chi connectivity index (χ2n) is 4.53. The summed E-state index contributed by atoms with van der Waals surface area (Å²) in [5, 5.41) is 3.29. The van der Waals surface area contributed by atoms with Crippen LogP contribution >= 0.6 is 11.6 Å². The van der Waals surface area contributed by atoms with Crippen LogP contribution < -0.4 is 5.32 Å². The second-order valence-corrected chi connectivity index (χ2v) is 4.93. The number of aromatic nitrogens is 1. The lowest BCUT2D eigenvalue weighted by Gasteiger charge is -2.31. The van der Waals surface area contributed by atoms with Crippen molar-refractivity contribution in [3.05, 3.63) is 22.8 Å². The fourth-order valence-electron chi connectivity index (χ4n) is 2.20. The second kappa shape index (κ2) is 6.21. The summed E-state index contributed by atoms with van der Waals surface area (Å²) < 4.78 is 5.30. The van der Waals surface area contributed by atoms with Crippen LogP contribution in [0.3, 0.4) is 0 Å². The van der Waals surface area contributed by atoms with Gasteiger partial charge in [0.25, 0.3) is 5.91 Å². The number of nitrogens with zero attached hydrogens (tertiary/aromatic N) is 2. The van der Waals surface area contributed by atoms with E-state index in [1.807, 2.05) is 4.90 Å². The number of piperidine rings is 1. The smallest absolute Gasteiger partial charge is 0.255 e. The summed E-state index contributed by atoms with van der Waals surface area (Å²) in [5.74, 6) is 0.595.